The Labute approximate surface area is 85.6 Å². The maximum absolute atomic E-state index is 7.44. The Hall–Kier alpha value is -0.980. The zero-order valence-electron chi connectivity index (χ0n) is 11.8. The third-order valence-corrected chi connectivity index (χ3v) is 2.07. The highest BCUT2D eigenvalue weighted by Crippen LogP contribution is 2.30. The first-order chi connectivity index (χ1) is 7.14. The van der Waals surface area contributed by atoms with Gasteiger partial charge in [0.25, 0.3) is 0 Å². The van der Waals surface area contributed by atoms with E-state index in [9.17, 15) is 0 Å². The average molecular weight is 180 g/mol. The fourth-order valence-corrected chi connectivity index (χ4v) is 1.40. The number of nitrogens with zero attached hydrogens (tertiary/aromatic N) is 1. The van der Waals surface area contributed by atoms with Crippen molar-refractivity contribution in [2.24, 2.45) is 0 Å². The van der Waals surface area contributed by atoms with Crippen LogP contribution >= 0.6 is 0 Å². The molecule has 0 radical (unpaired) electrons. The summed E-state index contributed by atoms with van der Waals surface area (Å²) in [5, 5.41) is 0. The molecule has 72 valence electrons. The summed E-state index contributed by atoms with van der Waals surface area (Å²) in [5.74, 6) is 0. The van der Waals surface area contributed by atoms with Crippen LogP contribution in [0.2, 0.25) is 0 Å². The average Bonchev–Trinajstić information content (AvgIpc) is 2.14. The Balaban J connectivity index is 3.25. The van der Waals surface area contributed by atoms with Crippen molar-refractivity contribution in [2.45, 2.75) is 26.2 Å². The van der Waals surface area contributed by atoms with E-state index < -0.39 is 6.98 Å². The topological polar surface area (TPSA) is 3.24 Å². The van der Waals surface area contributed by atoms with Crippen LogP contribution in [0.5, 0.6) is 0 Å². The molecule has 0 spiro atoms. The quantitative estimate of drug-likeness (QED) is 0.642. The Morgan fingerprint density at radius 1 is 1.23 bits per heavy atom. The number of hydrogen-bond donors (Lipinski definition) is 0. The number of hydrogen-bond acceptors (Lipinski definition) is 1. The molecule has 0 fully saturated rings. The molecule has 0 amide bonds. The number of benzene rings is 1. The van der Waals surface area contributed by atoms with Gasteiger partial charge in [0.15, 0.2) is 0 Å². The summed E-state index contributed by atoms with van der Waals surface area (Å²) in [6.45, 7) is 4.15. The summed E-state index contributed by atoms with van der Waals surface area (Å²) >= 11 is 0. The minimum Gasteiger partial charge on any atom is -0.377 e. The molecule has 0 atom stereocenters. The lowest BCUT2D eigenvalue weighted by Crippen LogP contribution is -2.18. The largest absolute Gasteiger partial charge is 0.377 e. The van der Waals surface area contributed by atoms with Gasteiger partial charge in [-0.2, -0.15) is 0 Å². The molecular weight excluding hydrogens is 158 g/mol. The number of para-hydroxylation sites is 1. The van der Waals surface area contributed by atoms with E-state index in [1.165, 1.54) is 4.90 Å². The fraction of sp³-hybridized carbons (Fsp3) is 0.500. The molecule has 1 aromatic rings. The molecular formula is C12H19N. The zero-order chi connectivity index (χ0) is 12.6. The van der Waals surface area contributed by atoms with Crippen molar-refractivity contribution in [3.8, 4) is 0 Å². The molecule has 0 bridgehead atoms. The van der Waals surface area contributed by atoms with Crippen LogP contribution in [0.15, 0.2) is 24.3 Å². The van der Waals surface area contributed by atoms with Crippen LogP contribution in [0.25, 0.3) is 0 Å². The molecule has 0 aliphatic rings. The third kappa shape index (κ3) is 2.24. The maximum atomic E-state index is 7.44. The van der Waals surface area contributed by atoms with E-state index in [1.807, 2.05) is 24.3 Å². The lowest BCUT2D eigenvalue weighted by Gasteiger charge is -2.26. The lowest BCUT2D eigenvalue weighted by molar-refractivity contribution is 0.590. The van der Waals surface area contributed by atoms with Crippen molar-refractivity contribution >= 4 is 5.69 Å². The van der Waals surface area contributed by atoms with E-state index >= 15 is 0 Å². The summed E-state index contributed by atoms with van der Waals surface area (Å²) in [7, 11) is 1.61. The van der Waals surface area contributed by atoms with Gasteiger partial charge >= 0.3 is 0 Å². The van der Waals surface area contributed by atoms with E-state index in [0.717, 1.165) is 11.3 Å². The van der Waals surface area contributed by atoms with Crippen LogP contribution in [-0.2, 0) is 5.41 Å². The molecule has 1 nitrogen and oxygen atoms in total. The molecule has 1 aromatic carbocycles. The first-order valence-electron chi connectivity index (χ1n) is 5.97. The van der Waals surface area contributed by atoms with Crippen molar-refractivity contribution in [1.82, 2.24) is 0 Å². The molecule has 0 saturated carbocycles. The predicted octanol–water partition coefficient (Wildman–Crippen LogP) is 3.05. The van der Waals surface area contributed by atoms with E-state index in [1.54, 1.807) is 7.05 Å². The van der Waals surface area contributed by atoms with Gasteiger partial charge in [-0.15, -0.1) is 0 Å². The van der Waals surface area contributed by atoms with Crippen molar-refractivity contribution in [3.05, 3.63) is 29.8 Å². The second kappa shape index (κ2) is 3.41. The van der Waals surface area contributed by atoms with Gasteiger partial charge in [0.1, 0.15) is 0 Å². The highest BCUT2D eigenvalue weighted by Gasteiger charge is 2.17. The maximum Gasteiger partial charge on any atom is 0.0456 e. The van der Waals surface area contributed by atoms with Gasteiger partial charge in [-0.1, -0.05) is 39.0 Å². The molecule has 0 aliphatic carbocycles. The molecule has 1 rings (SSSR count). The van der Waals surface area contributed by atoms with E-state index in [0.29, 0.717) is 0 Å². The zero-order valence-corrected chi connectivity index (χ0v) is 8.76. The summed E-state index contributed by atoms with van der Waals surface area (Å²) in [6, 6.07) is 7.65. The lowest BCUT2D eigenvalue weighted by atomic mass is 9.85. The smallest absolute Gasteiger partial charge is 0.0456 e. The fourth-order valence-electron chi connectivity index (χ4n) is 1.40. The summed E-state index contributed by atoms with van der Waals surface area (Å²) in [4.78, 5) is 1.35. The van der Waals surface area contributed by atoms with E-state index in [4.69, 9.17) is 4.11 Å². The van der Waals surface area contributed by atoms with Gasteiger partial charge in [-0.25, -0.2) is 0 Å². The van der Waals surface area contributed by atoms with Crippen LogP contribution in [0.4, 0.5) is 5.69 Å². The van der Waals surface area contributed by atoms with Gasteiger partial charge in [0, 0.05) is 23.8 Å². The first kappa shape index (κ1) is 6.47. The van der Waals surface area contributed by atoms with Gasteiger partial charge < -0.3 is 4.90 Å². The SMILES string of the molecule is [2H]C([2H])([2H])N(C)c1ccccc1C(C)(C)C. The van der Waals surface area contributed by atoms with E-state index in [-0.39, 0.29) is 5.41 Å². The molecule has 0 unspecified atom stereocenters. The van der Waals surface area contributed by atoms with Crippen molar-refractivity contribution in [3.63, 3.8) is 0 Å². The van der Waals surface area contributed by atoms with Gasteiger partial charge in [0.05, 0.1) is 0 Å². The third-order valence-electron chi connectivity index (χ3n) is 2.07. The summed E-state index contributed by atoms with van der Waals surface area (Å²) < 4.78 is 22.3. The van der Waals surface area contributed by atoms with Crippen LogP contribution in [0.3, 0.4) is 0 Å². The predicted molar refractivity (Wildman–Crippen MR) is 59.5 cm³/mol. The molecule has 0 heterocycles. The second-order valence-corrected chi connectivity index (χ2v) is 4.33. The standard InChI is InChI=1S/C12H19N/c1-12(2,3)10-8-6-7-9-11(10)13(4)5/h6-9H,1-5H3/i4D3. The van der Waals surface area contributed by atoms with E-state index in [2.05, 4.69) is 20.8 Å². The van der Waals surface area contributed by atoms with Crippen LogP contribution in [-0.4, -0.2) is 14.0 Å². The Morgan fingerprint density at radius 3 is 2.38 bits per heavy atom. The Morgan fingerprint density at radius 2 is 1.85 bits per heavy atom. The number of anilines is 1. The minimum absolute atomic E-state index is 0.0594. The summed E-state index contributed by atoms with van der Waals surface area (Å²) in [6.07, 6.45) is 0. The number of rotatable bonds is 1. The Kier molecular flexibility index (Phi) is 1.70. The Bertz CT molecular complexity index is 363. The van der Waals surface area contributed by atoms with Crippen molar-refractivity contribution in [1.29, 1.82) is 0 Å². The highest BCUT2D eigenvalue weighted by molar-refractivity contribution is 5.55. The van der Waals surface area contributed by atoms with Gasteiger partial charge in [0.2, 0.25) is 0 Å². The molecule has 0 aliphatic heterocycles. The molecule has 0 aromatic heterocycles. The van der Waals surface area contributed by atoms with Crippen molar-refractivity contribution in [2.75, 3.05) is 18.9 Å². The first-order valence-corrected chi connectivity index (χ1v) is 4.47. The van der Waals surface area contributed by atoms with Crippen molar-refractivity contribution < 1.29 is 4.11 Å². The van der Waals surface area contributed by atoms with Crippen LogP contribution < -0.4 is 4.90 Å². The van der Waals surface area contributed by atoms with Crippen LogP contribution in [0.1, 0.15) is 30.4 Å². The highest BCUT2D eigenvalue weighted by atomic mass is 15.1. The summed E-state index contributed by atoms with van der Waals surface area (Å²) in [5.41, 5.74) is 1.76. The normalized spacial score (nSPS) is 15.8. The minimum atomic E-state index is -2.10. The monoisotopic (exact) mass is 180 g/mol. The molecule has 0 N–H and O–H groups in total. The molecule has 1 heteroatoms. The van der Waals surface area contributed by atoms with Gasteiger partial charge in [-0.05, 0) is 17.0 Å². The molecule has 13 heavy (non-hydrogen) atoms. The van der Waals surface area contributed by atoms with Gasteiger partial charge in [-0.3, -0.25) is 0 Å². The molecule has 0 saturated heterocycles. The van der Waals surface area contributed by atoms with Crippen LogP contribution in [0, 0.1) is 0 Å². The second-order valence-electron chi connectivity index (χ2n) is 4.33.